The minimum atomic E-state index is -1.44. The van der Waals surface area contributed by atoms with Crippen LogP contribution in [0.3, 0.4) is 0 Å². The monoisotopic (exact) mass is 398 g/mol. The van der Waals surface area contributed by atoms with Crippen LogP contribution in [0.2, 0.25) is 0 Å². The van der Waals surface area contributed by atoms with Crippen LogP contribution in [0.15, 0.2) is 48.5 Å². The highest BCUT2D eigenvalue weighted by Crippen LogP contribution is 2.32. The van der Waals surface area contributed by atoms with E-state index in [1.165, 1.54) is 7.11 Å². The van der Waals surface area contributed by atoms with Crippen molar-refractivity contribution < 1.29 is 34.7 Å². The Morgan fingerprint density at radius 2 is 1.69 bits per heavy atom. The number of methoxy groups -OCH3 is 1. The van der Waals surface area contributed by atoms with Crippen molar-refractivity contribution in [2.45, 2.75) is 30.5 Å². The van der Waals surface area contributed by atoms with Crippen molar-refractivity contribution >= 4 is 5.97 Å². The summed E-state index contributed by atoms with van der Waals surface area (Å²) in [6, 6.07) is 13.6. The summed E-state index contributed by atoms with van der Waals surface area (Å²) in [6.07, 6.45) is -6.06. The molecule has 0 unspecified atom stereocenters. The Morgan fingerprint density at radius 3 is 2.34 bits per heavy atom. The fraction of sp³-hybridized carbons (Fsp3) is 0.318. The largest absolute Gasteiger partial charge is 0.465 e. The summed E-state index contributed by atoms with van der Waals surface area (Å²) in [6.45, 7) is -0.484. The van der Waals surface area contributed by atoms with E-state index >= 15 is 0 Å². The molecule has 1 heterocycles. The van der Waals surface area contributed by atoms with E-state index in [9.17, 15) is 25.2 Å². The third-order valence-corrected chi connectivity index (χ3v) is 4.76. The summed E-state index contributed by atoms with van der Waals surface area (Å²) in [5, 5.41) is 39.5. The average molecular weight is 398 g/mol. The molecule has 152 valence electrons. The molecule has 0 aromatic heterocycles. The molecule has 0 amide bonds. The topological polar surface area (TPSA) is 116 Å². The molecule has 0 aliphatic carbocycles. The molecule has 1 saturated heterocycles. The van der Waals surface area contributed by atoms with Crippen molar-refractivity contribution in [2.75, 3.05) is 13.7 Å². The third-order valence-electron chi connectivity index (χ3n) is 4.76. The molecular formula is C22H22O7. The fourth-order valence-corrected chi connectivity index (χ4v) is 3.12. The molecule has 2 aromatic rings. The van der Waals surface area contributed by atoms with E-state index in [0.717, 1.165) is 0 Å². The average Bonchev–Trinajstić information content (AvgIpc) is 2.76. The van der Waals surface area contributed by atoms with Gasteiger partial charge in [0.2, 0.25) is 0 Å². The molecule has 1 aliphatic heterocycles. The number of aliphatic hydroxyl groups is 4. The van der Waals surface area contributed by atoms with Crippen LogP contribution in [0.4, 0.5) is 0 Å². The van der Waals surface area contributed by atoms with E-state index in [2.05, 4.69) is 16.6 Å². The molecule has 1 aliphatic rings. The van der Waals surface area contributed by atoms with Crippen LogP contribution in [0.1, 0.15) is 33.2 Å². The van der Waals surface area contributed by atoms with E-state index < -0.39 is 43.1 Å². The van der Waals surface area contributed by atoms with Crippen molar-refractivity contribution in [1.29, 1.82) is 0 Å². The van der Waals surface area contributed by atoms with Crippen molar-refractivity contribution in [3.63, 3.8) is 0 Å². The van der Waals surface area contributed by atoms with Gasteiger partial charge in [0.15, 0.2) is 0 Å². The summed E-state index contributed by atoms with van der Waals surface area (Å²) >= 11 is 0. The second-order valence-electron chi connectivity index (χ2n) is 6.69. The fourth-order valence-electron chi connectivity index (χ4n) is 3.12. The number of hydrogen-bond donors (Lipinski definition) is 4. The first-order valence-corrected chi connectivity index (χ1v) is 9.05. The zero-order chi connectivity index (χ0) is 21.0. The highest BCUT2D eigenvalue weighted by Gasteiger charge is 2.43. The lowest BCUT2D eigenvalue weighted by atomic mass is 9.91. The summed E-state index contributed by atoms with van der Waals surface area (Å²) in [5.74, 6) is 5.57. The van der Waals surface area contributed by atoms with Gasteiger partial charge in [0, 0.05) is 11.1 Å². The van der Waals surface area contributed by atoms with Crippen LogP contribution in [-0.4, -0.2) is 64.5 Å². The SMILES string of the molecule is COC(=O)c1ccc(C#Cc2cccc([C@H]3O[C@H](CO)[C@@H](O)[C@H](O)[C@H]3O)c2)cc1. The zero-order valence-electron chi connectivity index (χ0n) is 15.7. The van der Waals surface area contributed by atoms with Crippen molar-refractivity contribution in [2.24, 2.45) is 0 Å². The molecule has 5 atom stereocenters. The number of carbonyl (C=O) groups is 1. The Hall–Kier alpha value is -2.73. The molecule has 3 rings (SSSR count). The standard InChI is InChI=1S/C22H22O7/c1-28-22(27)15-9-7-13(8-10-15)5-6-14-3-2-4-16(11-14)21-20(26)19(25)18(24)17(12-23)29-21/h2-4,7-11,17-21,23-26H,12H2,1H3/t17-,18-,19+,20-,21-/m1/s1. The van der Waals surface area contributed by atoms with E-state index in [-0.39, 0.29) is 0 Å². The molecule has 4 N–H and O–H groups in total. The van der Waals surface area contributed by atoms with E-state index in [1.807, 2.05) is 0 Å². The van der Waals surface area contributed by atoms with Crippen molar-refractivity contribution in [3.8, 4) is 11.8 Å². The first-order valence-electron chi connectivity index (χ1n) is 9.05. The zero-order valence-corrected chi connectivity index (χ0v) is 15.7. The number of benzene rings is 2. The predicted octanol–water partition coefficient (Wildman–Crippen LogP) is 0.388. The normalized spacial score (nSPS) is 26.3. The summed E-state index contributed by atoms with van der Waals surface area (Å²) < 4.78 is 10.2. The number of aliphatic hydroxyl groups excluding tert-OH is 4. The van der Waals surface area contributed by atoms with Gasteiger partial charge < -0.3 is 29.9 Å². The van der Waals surface area contributed by atoms with E-state index in [4.69, 9.17) is 4.74 Å². The summed E-state index contributed by atoms with van der Waals surface area (Å²) in [4.78, 5) is 11.5. The molecule has 7 heteroatoms. The minimum Gasteiger partial charge on any atom is -0.465 e. The maximum Gasteiger partial charge on any atom is 0.337 e. The minimum absolute atomic E-state index is 0.420. The first kappa shape index (κ1) is 21.0. The number of esters is 1. The summed E-state index contributed by atoms with van der Waals surface area (Å²) in [5.41, 5.74) is 2.35. The Kier molecular flexibility index (Phi) is 6.64. The molecule has 0 saturated carbocycles. The van der Waals surface area contributed by atoms with Gasteiger partial charge in [0.1, 0.15) is 30.5 Å². The second-order valence-corrected chi connectivity index (χ2v) is 6.69. The second kappa shape index (κ2) is 9.18. The highest BCUT2D eigenvalue weighted by atomic mass is 16.5. The lowest BCUT2D eigenvalue weighted by Gasteiger charge is -2.40. The lowest BCUT2D eigenvalue weighted by Crippen LogP contribution is -2.55. The number of ether oxygens (including phenoxy) is 2. The molecule has 0 radical (unpaired) electrons. The van der Waals surface area contributed by atoms with Gasteiger partial charge in [0.25, 0.3) is 0 Å². The van der Waals surface area contributed by atoms with Crippen molar-refractivity contribution in [3.05, 3.63) is 70.8 Å². The Morgan fingerprint density at radius 1 is 1.00 bits per heavy atom. The molecule has 0 bridgehead atoms. The van der Waals surface area contributed by atoms with Crippen molar-refractivity contribution in [1.82, 2.24) is 0 Å². The molecule has 7 nitrogen and oxygen atoms in total. The predicted molar refractivity (Wildman–Crippen MR) is 103 cm³/mol. The Bertz CT molecular complexity index is 911. The smallest absolute Gasteiger partial charge is 0.337 e. The first-order chi connectivity index (χ1) is 13.9. The van der Waals surface area contributed by atoms with Crippen LogP contribution < -0.4 is 0 Å². The van der Waals surface area contributed by atoms with Crippen LogP contribution in [0, 0.1) is 11.8 Å². The van der Waals surface area contributed by atoms with Gasteiger partial charge in [0.05, 0.1) is 19.3 Å². The van der Waals surface area contributed by atoms with Gasteiger partial charge >= 0.3 is 5.97 Å². The van der Waals surface area contributed by atoms with Gasteiger partial charge in [-0.25, -0.2) is 4.79 Å². The van der Waals surface area contributed by atoms with Crippen LogP contribution in [0.5, 0.6) is 0 Å². The van der Waals surface area contributed by atoms with Gasteiger partial charge in [-0.15, -0.1) is 0 Å². The van der Waals surface area contributed by atoms with Gasteiger partial charge in [-0.3, -0.25) is 0 Å². The van der Waals surface area contributed by atoms with Gasteiger partial charge in [-0.05, 0) is 42.0 Å². The van der Waals surface area contributed by atoms with E-state index in [0.29, 0.717) is 22.3 Å². The maximum atomic E-state index is 11.5. The quantitative estimate of drug-likeness (QED) is 0.437. The molecule has 0 spiro atoms. The van der Waals surface area contributed by atoms with E-state index in [1.54, 1.807) is 48.5 Å². The Balaban J connectivity index is 1.80. The summed E-state index contributed by atoms with van der Waals surface area (Å²) in [7, 11) is 1.32. The molecular weight excluding hydrogens is 376 g/mol. The number of rotatable bonds is 3. The molecule has 29 heavy (non-hydrogen) atoms. The van der Waals surface area contributed by atoms with Gasteiger partial charge in [-0.1, -0.05) is 24.0 Å². The third kappa shape index (κ3) is 4.65. The number of hydrogen-bond acceptors (Lipinski definition) is 7. The lowest BCUT2D eigenvalue weighted by molar-refractivity contribution is -0.231. The highest BCUT2D eigenvalue weighted by molar-refractivity contribution is 5.89. The van der Waals surface area contributed by atoms with Gasteiger partial charge in [-0.2, -0.15) is 0 Å². The van der Waals surface area contributed by atoms with Crippen LogP contribution in [0.25, 0.3) is 0 Å². The number of carbonyl (C=O) groups excluding carboxylic acids is 1. The molecule has 2 aromatic carbocycles. The Labute approximate surface area is 168 Å². The van der Waals surface area contributed by atoms with Crippen LogP contribution >= 0.6 is 0 Å². The van der Waals surface area contributed by atoms with Crippen LogP contribution in [-0.2, 0) is 9.47 Å². The molecule has 1 fully saturated rings. The maximum absolute atomic E-state index is 11.5.